The van der Waals surface area contributed by atoms with E-state index < -0.39 is 5.97 Å². The third kappa shape index (κ3) is 9.68. The summed E-state index contributed by atoms with van der Waals surface area (Å²) >= 11 is 0. The molecule has 2 atom stereocenters. The summed E-state index contributed by atoms with van der Waals surface area (Å²) in [6, 6.07) is 0. The van der Waals surface area contributed by atoms with Crippen LogP contribution in [0.25, 0.3) is 0 Å². The maximum absolute atomic E-state index is 6.09. The predicted molar refractivity (Wildman–Crippen MR) is 107 cm³/mol. The number of unbranched alkanes of at least 4 members (excludes halogenated alkanes) is 6. The van der Waals surface area contributed by atoms with Gasteiger partial charge < -0.3 is 18.9 Å². The lowest BCUT2D eigenvalue weighted by atomic mass is 9.91. The van der Waals surface area contributed by atoms with Crippen molar-refractivity contribution >= 4 is 0 Å². The molecule has 1 saturated heterocycles. The van der Waals surface area contributed by atoms with Crippen LogP contribution in [0.15, 0.2) is 0 Å². The quantitative estimate of drug-likeness (QED) is 0.157. The Morgan fingerprint density at radius 2 is 1.27 bits per heavy atom. The third-order valence-corrected chi connectivity index (χ3v) is 5.17. The van der Waals surface area contributed by atoms with Gasteiger partial charge in [0.1, 0.15) is 0 Å². The molecule has 1 aliphatic rings. The molecule has 1 rings (SSSR count). The van der Waals surface area contributed by atoms with Crippen LogP contribution in [0.2, 0.25) is 0 Å². The van der Waals surface area contributed by atoms with E-state index in [1.54, 1.807) is 0 Å². The fourth-order valence-corrected chi connectivity index (χ4v) is 3.75. The van der Waals surface area contributed by atoms with E-state index in [2.05, 4.69) is 6.92 Å². The number of ether oxygens (including phenoxy) is 4. The van der Waals surface area contributed by atoms with Gasteiger partial charge in [0.05, 0.1) is 12.7 Å². The van der Waals surface area contributed by atoms with Crippen molar-refractivity contribution in [3.63, 3.8) is 0 Å². The van der Waals surface area contributed by atoms with Crippen molar-refractivity contribution < 1.29 is 18.9 Å². The van der Waals surface area contributed by atoms with Crippen molar-refractivity contribution in [1.29, 1.82) is 0 Å². The largest absolute Gasteiger partial charge is 0.373 e. The molecule has 0 saturated carbocycles. The lowest BCUT2D eigenvalue weighted by molar-refractivity contribution is -0.403. The lowest BCUT2D eigenvalue weighted by Crippen LogP contribution is -2.46. The van der Waals surface area contributed by atoms with Crippen molar-refractivity contribution in [2.24, 2.45) is 5.92 Å². The van der Waals surface area contributed by atoms with E-state index in [9.17, 15) is 0 Å². The number of rotatable bonds is 19. The molecule has 4 heteroatoms. The van der Waals surface area contributed by atoms with Crippen molar-refractivity contribution in [2.45, 2.75) is 110 Å². The monoisotopic (exact) mass is 372 g/mol. The summed E-state index contributed by atoms with van der Waals surface area (Å²) in [6.45, 7) is 11.1. The Morgan fingerprint density at radius 3 is 1.77 bits per heavy atom. The maximum Gasteiger partial charge on any atom is 0.285 e. The van der Waals surface area contributed by atoms with Crippen LogP contribution >= 0.6 is 0 Å². The van der Waals surface area contributed by atoms with Gasteiger partial charge >= 0.3 is 0 Å². The predicted octanol–water partition coefficient (Wildman–Crippen LogP) is 6.08. The SMILES string of the molecule is CCCCCCCC[C@H](CCCCC1CO1)C(OCC)(OCC)OCC. The van der Waals surface area contributed by atoms with Crippen LogP contribution in [0.3, 0.4) is 0 Å². The van der Waals surface area contributed by atoms with E-state index >= 15 is 0 Å². The molecule has 0 aliphatic carbocycles. The first-order chi connectivity index (χ1) is 12.7. The Bertz CT molecular complexity index is 300. The van der Waals surface area contributed by atoms with E-state index in [-0.39, 0.29) is 0 Å². The van der Waals surface area contributed by atoms with E-state index in [0.717, 1.165) is 19.4 Å². The smallest absolute Gasteiger partial charge is 0.285 e. The van der Waals surface area contributed by atoms with Crippen LogP contribution in [0.4, 0.5) is 0 Å². The zero-order chi connectivity index (χ0) is 19.1. The molecule has 0 bridgehead atoms. The Balaban J connectivity index is 2.56. The molecule has 1 fully saturated rings. The van der Waals surface area contributed by atoms with Gasteiger partial charge in [0, 0.05) is 25.7 Å². The van der Waals surface area contributed by atoms with E-state index in [0.29, 0.717) is 31.8 Å². The summed E-state index contributed by atoms with van der Waals surface area (Å²) in [5.74, 6) is -0.564. The molecule has 0 spiro atoms. The molecule has 0 amide bonds. The van der Waals surface area contributed by atoms with Crippen LogP contribution in [-0.4, -0.2) is 38.5 Å². The van der Waals surface area contributed by atoms with Crippen LogP contribution in [-0.2, 0) is 18.9 Å². The minimum Gasteiger partial charge on any atom is -0.373 e. The van der Waals surface area contributed by atoms with Crippen molar-refractivity contribution in [2.75, 3.05) is 26.4 Å². The zero-order valence-electron chi connectivity index (χ0n) is 17.9. The third-order valence-electron chi connectivity index (χ3n) is 5.17. The van der Waals surface area contributed by atoms with Crippen LogP contribution < -0.4 is 0 Å². The van der Waals surface area contributed by atoms with Gasteiger partial charge in [-0.3, -0.25) is 0 Å². The average molecular weight is 373 g/mol. The first-order valence-electron chi connectivity index (χ1n) is 11.3. The lowest BCUT2D eigenvalue weighted by Gasteiger charge is -2.39. The molecule has 0 radical (unpaired) electrons. The molecule has 4 nitrogen and oxygen atoms in total. The Morgan fingerprint density at radius 1 is 0.769 bits per heavy atom. The van der Waals surface area contributed by atoms with E-state index in [1.807, 2.05) is 20.8 Å². The summed E-state index contributed by atoms with van der Waals surface area (Å²) < 4.78 is 23.6. The summed E-state index contributed by atoms with van der Waals surface area (Å²) in [6.07, 6.45) is 14.2. The van der Waals surface area contributed by atoms with Crippen molar-refractivity contribution in [3.8, 4) is 0 Å². The highest BCUT2D eigenvalue weighted by atomic mass is 16.9. The van der Waals surface area contributed by atoms with Gasteiger partial charge in [0.25, 0.3) is 5.97 Å². The second-order valence-electron chi connectivity index (χ2n) is 7.40. The van der Waals surface area contributed by atoms with Gasteiger partial charge in [0.15, 0.2) is 0 Å². The average Bonchev–Trinajstić information content (AvgIpc) is 3.44. The van der Waals surface area contributed by atoms with Gasteiger partial charge in [0.2, 0.25) is 0 Å². The molecular weight excluding hydrogens is 328 g/mol. The fraction of sp³-hybridized carbons (Fsp3) is 1.00. The standard InChI is InChI=1S/C22H44O4/c1-5-9-10-11-12-13-16-20(17-14-15-18-21-19-23-21)22(24-6-2,25-7-3)26-8-4/h20-21H,5-19H2,1-4H3/t20-,21?/m1/s1. The number of epoxide rings is 1. The molecule has 156 valence electrons. The highest BCUT2D eigenvalue weighted by Gasteiger charge is 2.41. The van der Waals surface area contributed by atoms with Gasteiger partial charge in [-0.2, -0.15) is 0 Å². The molecular formula is C22H44O4. The molecule has 0 aromatic carbocycles. The van der Waals surface area contributed by atoms with Gasteiger partial charge in [-0.1, -0.05) is 58.3 Å². The molecule has 26 heavy (non-hydrogen) atoms. The van der Waals surface area contributed by atoms with E-state index in [4.69, 9.17) is 18.9 Å². The summed E-state index contributed by atoms with van der Waals surface area (Å²) in [4.78, 5) is 0. The molecule has 0 aromatic heterocycles. The van der Waals surface area contributed by atoms with Crippen LogP contribution in [0, 0.1) is 5.92 Å². The highest BCUT2D eigenvalue weighted by Crippen LogP contribution is 2.35. The number of hydrogen-bond donors (Lipinski definition) is 0. The fourth-order valence-electron chi connectivity index (χ4n) is 3.75. The topological polar surface area (TPSA) is 40.2 Å². The minimum absolute atomic E-state index is 0.300. The Kier molecular flexibility index (Phi) is 13.6. The zero-order valence-corrected chi connectivity index (χ0v) is 17.9. The maximum atomic E-state index is 6.09. The first kappa shape index (κ1) is 23.9. The van der Waals surface area contributed by atoms with Gasteiger partial charge in [-0.15, -0.1) is 0 Å². The Hall–Kier alpha value is -0.160. The van der Waals surface area contributed by atoms with Crippen molar-refractivity contribution in [3.05, 3.63) is 0 Å². The summed E-state index contributed by atoms with van der Waals surface area (Å²) in [5, 5.41) is 0. The second-order valence-corrected chi connectivity index (χ2v) is 7.40. The van der Waals surface area contributed by atoms with Crippen LogP contribution in [0.1, 0.15) is 98.3 Å². The summed E-state index contributed by atoms with van der Waals surface area (Å²) in [5.41, 5.74) is 0. The number of hydrogen-bond acceptors (Lipinski definition) is 4. The molecule has 0 N–H and O–H groups in total. The first-order valence-corrected chi connectivity index (χ1v) is 11.3. The normalized spacial score (nSPS) is 18.2. The highest BCUT2D eigenvalue weighted by molar-refractivity contribution is 4.74. The van der Waals surface area contributed by atoms with E-state index in [1.165, 1.54) is 57.8 Å². The molecule has 1 unspecified atom stereocenters. The Labute approximate surface area is 162 Å². The minimum atomic E-state index is -0.863. The van der Waals surface area contributed by atoms with Crippen molar-refractivity contribution in [1.82, 2.24) is 0 Å². The molecule has 1 aliphatic heterocycles. The molecule has 1 heterocycles. The summed E-state index contributed by atoms with van der Waals surface area (Å²) in [7, 11) is 0. The van der Waals surface area contributed by atoms with Gasteiger partial charge in [-0.05, 0) is 40.0 Å². The molecule has 0 aromatic rings. The van der Waals surface area contributed by atoms with Crippen LogP contribution in [0.5, 0.6) is 0 Å². The second kappa shape index (κ2) is 14.8. The van der Waals surface area contributed by atoms with Gasteiger partial charge in [-0.25, -0.2) is 0 Å².